The van der Waals surface area contributed by atoms with Crippen LogP contribution in [0.2, 0.25) is 0 Å². The molecule has 0 bridgehead atoms. The zero-order valence-electron chi connectivity index (χ0n) is 13.2. The Bertz CT molecular complexity index is 358. The third-order valence-corrected chi connectivity index (χ3v) is 3.76. The highest BCUT2D eigenvalue weighted by molar-refractivity contribution is 5.76. The maximum atomic E-state index is 11.9. The Hall–Kier alpha value is -1.30. The van der Waals surface area contributed by atoms with E-state index >= 15 is 0 Å². The van der Waals surface area contributed by atoms with Crippen LogP contribution in [0, 0.1) is 5.41 Å². The first-order chi connectivity index (χ1) is 9.27. The number of urea groups is 1. The van der Waals surface area contributed by atoms with Crippen LogP contribution in [-0.2, 0) is 9.53 Å². The van der Waals surface area contributed by atoms with Crippen molar-refractivity contribution >= 4 is 12.0 Å². The summed E-state index contributed by atoms with van der Waals surface area (Å²) >= 11 is 0. The van der Waals surface area contributed by atoms with Gasteiger partial charge in [0.05, 0.1) is 12.0 Å². The van der Waals surface area contributed by atoms with Gasteiger partial charge in [-0.1, -0.05) is 6.92 Å². The first kappa shape index (κ1) is 16.8. The molecular formula is C14H27N3O3. The summed E-state index contributed by atoms with van der Waals surface area (Å²) in [6.45, 7) is 10.2. The minimum absolute atomic E-state index is 0.173. The molecule has 1 aliphatic heterocycles. The number of nitrogens with zero attached hydrogens (tertiary/aromatic N) is 1. The fraction of sp³-hybridized carbons (Fsp3) is 0.857. The minimum Gasteiger partial charge on any atom is -0.463 e. The average molecular weight is 285 g/mol. The summed E-state index contributed by atoms with van der Waals surface area (Å²) in [6, 6.07) is 0.304. The standard InChI is InChI=1S/C14H27N3O3/c1-6-14(4,5)12(18)20-8-7-15-13(19)17-11(3)9-10(2)16-17/h10-11,16H,6-9H2,1-5H3,(H,15,19). The Kier molecular flexibility index (Phi) is 5.80. The van der Waals surface area contributed by atoms with Gasteiger partial charge >= 0.3 is 12.0 Å². The zero-order valence-corrected chi connectivity index (χ0v) is 13.2. The molecule has 20 heavy (non-hydrogen) atoms. The smallest absolute Gasteiger partial charge is 0.332 e. The Balaban J connectivity index is 2.25. The summed E-state index contributed by atoms with van der Waals surface area (Å²) in [5.74, 6) is -0.226. The van der Waals surface area contributed by atoms with Crippen molar-refractivity contribution in [3.05, 3.63) is 0 Å². The molecule has 1 saturated heterocycles. The second-order valence-electron chi connectivity index (χ2n) is 6.09. The number of hydrogen-bond donors (Lipinski definition) is 2. The summed E-state index contributed by atoms with van der Waals surface area (Å²) in [5.41, 5.74) is 2.63. The fourth-order valence-corrected chi connectivity index (χ4v) is 2.02. The number of esters is 1. The maximum Gasteiger partial charge on any atom is 0.332 e. The van der Waals surface area contributed by atoms with E-state index in [9.17, 15) is 9.59 Å². The number of hydrogen-bond acceptors (Lipinski definition) is 4. The van der Waals surface area contributed by atoms with Gasteiger partial charge in [0.1, 0.15) is 6.61 Å². The van der Waals surface area contributed by atoms with E-state index in [1.54, 1.807) is 5.01 Å². The highest BCUT2D eigenvalue weighted by Gasteiger charge is 2.30. The van der Waals surface area contributed by atoms with Gasteiger partial charge in [-0.3, -0.25) is 9.80 Å². The molecule has 6 nitrogen and oxygen atoms in total. The predicted molar refractivity (Wildman–Crippen MR) is 76.9 cm³/mol. The molecule has 0 radical (unpaired) electrons. The lowest BCUT2D eigenvalue weighted by Gasteiger charge is -2.23. The van der Waals surface area contributed by atoms with Gasteiger partial charge in [0, 0.05) is 12.1 Å². The molecule has 0 aromatic heterocycles. The lowest BCUT2D eigenvalue weighted by molar-refractivity contribution is -0.153. The molecule has 1 fully saturated rings. The topological polar surface area (TPSA) is 70.7 Å². The normalized spacial score (nSPS) is 22.8. The number of ether oxygens (including phenoxy) is 1. The molecule has 0 saturated carbocycles. The number of rotatable bonds is 5. The van der Waals surface area contributed by atoms with Gasteiger partial charge in [0.25, 0.3) is 0 Å². The van der Waals surface area contributed by atoms with E-state index in [0.717, 1.165) is 12.8 Å². The SMILES string of the molecule is CCC(C)(C)C(=O)OCCNC(=O)N1NC(C)CC1C. The van der Waals surface area contributed by atoms with Gasteiger partial charge in [-0.15, -0.1) is 0 Å². The second-order valence-corrected chi connectivity index (χ2v) is 6.09. The van der Waals surface area contributed by atoms with Crippen molar-refractivity contribution in [1.29, 1.82) is 0 Å². The number of carbonyl (C=O) groups is 2. The Morgan fingerprint density at radius 3 is 2.55 bits per heavy atom. The molecule has 116 valence electrons. The number of hydrazine groups is 1. The third kappa shape index (κ3) is 4.37. The van der Waals surface area contributed by atoms with E-state index in [2.05, 4.69) is 10.7 Å². The van der Waals surface area contributed by atoms with Crippen LogP contribution < -0.4 is 10.7 Å². The van der Waals surface area contributed by atoms with Gasteiger partial charge in [-0.25, -0.2) is 10.2 Å². The van der Waals surface area contributed by atoms with Gasteiger partial charge in [0.2, 0.25) is 0 Å². The lowest BCUT2D eigenvalue weighted by atomic mass is 9.91. The highest BCUT2D eigenvalue weighted by Crippen LogP contribution is 2.21. The number of amides is 2. The van der Waals surface area contributed by atoms with Crippen LogP contribution in [0.3, 0.4) is 0 Å². The Labute approximate surface area is 121 Å². The summed E-state index contributed by atoms with van der Waals surface area (Å²) < 4.78 is 5.17. The molecule has 2 N–H and O–H groups in total. The summed E-state index contributed by atoms with van der Waals surface area (Å²) in [5, 5.41) is 4.35. The fourth-order valence-electron chi connectivity index (χ4n) is 2.02. The van der Waals surface area contributed by atoms with Crippen LogP contribution in [0.5, 0.6) is 0 Å². The molecule has 1 aliphatic rings. The van der Waals surface area contributed by atoms with Crippen LogP contribution in [0.25, 0.3) is 0 Å². The van der Waals surface area contributed by atoms with Crippen molar-refractivity contribution in [2.45, 2.75) is 59.5 Å². The molecule has 0 aliphatic carbocycles. The van der Waals surface area contributed by atoms with E-state index < -0.39 is 5.41 Å². The molecule has 1 heterocycles. The van der Waals surface area contributed by atoms with Gasteiger partial charge in [0.15, 0.2) is 0 Å². The van der Waals surface area contributed by atoms with Crippen LogP contribution in [0.1, 0.15) is 47.5 Å². The highest BCUT2D eigenvalue weighted by atomic mass is 16.5. The molecule has 2 atom stereocenters. The third-order valence-electron chi connectivity index (χ3n) is 3.76. The molecule has 1 rings (SSSR count). The van der Waals surface area contributed by atoms with Crippen LogP contribution >= 0.6 is 0 Å². The quantitative estimate of drug-likeness (QED) is 0.595. The average Bonchev–Trinajstić information content (AvgIpc) is 2.73. The Morgan fingerprint density at radius 1 is 1.40 bits per heavy atom. The van der Waals surface area contributed by atoms with E-state index in [0.29, 0.717) is 12.6 Å². The van der Waals surface area contributed by atoms with Crippen molar-refractivity contribution < 1.29 is 14.3 Å². The van der Waals surface area contributed by atoms with Gasteiger partial charge in [-0.2, -0.15) is 0 Å². The molecule has 0 aromatic rings. The van der Waals surface area contributed by atoms with E-state index in [1.165, 1.54) is 0 Å². The van der Waals surface area contributed by atoms with Crippen molar-refractivity contribution in [2.75, 3.05) is 13.2 Å². The van der Waals surface area contributed by atoms with Crippen LogP contribution in [-0.4, -0.2) is 42.2 Å². The van der Waals surface area contributed by atoms with Crippen LogP contribution in [0.15, 0.2) is 0 Å². The van der Waals surface area contributed by atoms with Crippen LogP contribution in [0.4, 0.5) is 4.79 Å². The molecule has 0 aromatic carbocycles. The largest absolute Gasteiger partial charge is 0.463 e. The summed E-state index contributed by atoms with van der Waals surface area (Å²) in [7, 11) is 0. The molecule has 0 spiro atoms. The second kappa shape index (κ2) is 6.92. The van der Waals surface area contributed by atoms with Crippen molar-refractivity contribution in [3.63, 3.8) is 0 Å². The summed E-state index contributed by atoms with van der Waals surface area (Å²) in [4.78, 5) is 23.6. The first-order valence-electron chi connectivity index (χ1n) is 7.28. The first-order valence-corrected chi connectivity index (χ1v) is 7.28. The molecule has 2 amide bonds. The Morgan fingerprint density at radius 2 is 2.05 bits per heavy atom. The van der Waals surface area contributed by atoms with Crippen molar-refractivity contribution in [2.24, 2.45) is 5.41 Å². The number of nitrogens with one attached hydrogen (secondary N) is 2. The van der Waals surface area contributed by atoms with E-state index in [4.69, 9.17) is 4.74 Å². The number of carbonyl (C=O) groups excluding carboxylic acids is 2. The maximum absolute atomic E-state index is 11.9. The van der Waals surface area contributed by atoms with E-state index in [-0.39, 0.29) is 24.6 Å². The van der Waals surface area contributed by atoms with Gasteiger partial charge in [-0.05, 0) is 40.5 Å². The van der Waals surface area contributed by atoms with Crippen molar-refractivity contribution in [3.8, 4) is 0 Å². The summed E-state index contributed by atoms with van der Waals surface area (Å²) in [6.07, 6.45) is 1.67. The van der Waals surface area contributed by atoms with Gasteiger partial charge < -0.3 is 10.1 Å². The zero-order chi connectivity index (χ0) is 15.3. The monoisotopic (exact) mass is 285 g/mol. The molecule has 2 unspecified atom stereocenters. The van der Waals surface area contributed by atoms with Crippen molar-refractivity contribution in [1.82, 2.24) is 15.8 Å². The van der Waals surface area contributed by atoms with E-state index in [1.807, 2.05) is 34.6 Å². The molecular weight excluding hydrogens is 258 g/mol. The lowest BCUT2D eigenvalue weighted by Crippen LogP contribution is -2.49. The molecule has 6 heteroatoms. The predicted octanol–water partition coefficient (Wildman–Crippen LogP) is 1.66. The minimum atomic E-state index is -0.468.